The standard InChI is InChI=1S/C7H6N4O2S/c12-14(13)7-8-9-10-11(7)6-4-2-1-3-5-6/h1-5H,(H,12,13)/p-1. The van der Waals surface area contributed by atoms with E-state index in [1.165, 1.54) is 0 Å². The first-order valence-electron chi connectivity index (χ1n) is 3.72. The van der Waals surface area contributed by atoms with Crippen LogP contribution in [0.1, 0.15) is 0 Å². The Morgan fingerprint density at radius 1 is 1.29 bits per heavy atom. The smallest absolute Gasteiger partial charge is 0.231 e. The molecule has 1 unspecified atom stereocenters. The van der Waals surface area contributed by atoms with Crippen LogP contribution in [0.15, 0.2) is 35.5 Å². The van der Waals surface area contributed by atoms with Crippen molar-refractivity contribution in [1.29, 1.82) is 0 Å². The number of para-hydroxylation sites is 1. The molecule has 0 saturated carbocycles. The van der Waals surface area contributed by atoms with Crippen molar-refractivity contribution in [2.45, 2.75) is 5.16 Å². The van der Waals surface area contributed by atoms with Gasteiger partial charge in [0.05, 0.1) is 5.69 Å². The summed E-state index contributed by atoms with van der Waals surface area (Å²) in [6, 6.07) is 8.80. The van der Waals surface area contributed by atoms with Crippen LogP contribution in [-0.4, -0.2) is 29.0 Å². The topological polar surface area (TPSA) is 83.7 Å². The van der Waals surface area contributed by atoms with Gasteiger partial charge in [0.2, 0.25) is 5.16 Å². The Balaban J connectivity index is 2.52. The van der Waals surface area contributed by atoms with Crippen LogP contribution in [0.3, 0.4) is 0 Å². The molecule has 2 rings (SSSR count). The molecule has 0 fully saturated rings. The summed E-state index contributed by atoms with van der Waals surface area (Å²) >= 11 is -2.43. The van der Waals surface area contributed by atoms with Crippen molar-refractivity contribution in [1.82, 2.24) is 20.2 Å². The molecule has 72 valence electrons. The van der Waals surface area contributed by atoms with Crippen LogP contribution in [0.2, 0.25) is 0 Å². The maximum Gasteiger partial charge on any atom is 0.231 e. The lowest BCUT2D eigenvalue weighted by atomic mass is 10.3. The van der Waals surface area contributed by atoms with Crippen molar-refractivity contribution in [3.05, 3.63) is 30.3 Å². The van der Waals surface area contributed by atoms with Gasteiger partial charge in [-0.3, -0.25) is 4.21 Å². The van der Waals surface area contributed by atoms with E-state index in [9.17, 15) is 8.76 Å². The first-order chi connectivity index (χ1) is 6.79. The van der Waals surface area contributed by atoms with Crippen molar-refractivity contribution < 1.29 is 8.76 Å². The highest BCUT2D eigenvalue weighted by atomic mass is 32.2. The van der Waals surface area contributed by atoms with Gasteiger partial charge in [-0.2, -0.15) is 4.68 Å². The zero-order chi connectivity index (χ0) is 9.97. The van der Waals surface area contributed by atoms with E-state index in [2.05, 4.69) is 15.5 Å². The van der Waals surface area contributed by atoms with Crippen molar-refractivity contribution in [2.75, 3.05) is 0 Å². The molecule has 0 aliphatic rings. The maximum atomic E-state index is 10.7. The fraction of sp³-hybridized carbons (Fsp3) is 0. The summed E-state index contributed by atoms with van der Waals surface area (Å²) in [5, 5.41) is 10.0. The summed E-state index contributed by atoms with van der Waals surface area (Å²) in [6.45, 7) is 0. The molecule has 0 aliphatic carbocycles. The molecule has 1 aromatic heterocycles. The van der Waals surface area contributed by atoms with Crippen LogP contribution in [0.5, 0.6) is 0 Å². The van der Waals surface area contributed by atoms with Gasteiger partial charge in [-0.05, 0) is 22.6 Å². The minimum absolute atomic E-state index is 0.198. The highest BCUT2D eigenvalue weighted by molar-refractivity contribution is 7.79. The van der Waals surface area contributed by atoms with E-state index in [0.29, 0.717) is 5.69 Å². The summed E-state index contributed by atoms with van der Waals surface area (Å²) in [6.07, 6.45) is 0. The Bertz CT molecular complexity index is 456. The molecule has 1 aromatic carbocycles. The van der Waals surface area contributed by atoms with E-state index >= 15 is 0 Å². The van der Waals surface area contributed by atoms with Gasteiger partial charge in [0, 0.05) is 11.1 Å². The predicted octanol–water partition coefficient (Wildman–Crippen LogP) is -0.0997. The third-order valence-corrected chi connectivity index (χ3v) is 2.14. The maximum absolute atomic E-state index is 10.7. The molecule has 1 heterocycles. The molecule has 0 radical (unpaired) electrons. The SMILES string of the molecule is O=S([O-])c1nnnn1-c1ccccc1. The molecular weight excluding hydrogens is 204 g/mol. The predicted molar refractivity (Wildman–Crippen MR) is 46.3 cm³/mol. The van der Waals surface area contributed by atoms with Crippen LogP contribution < -0.4 is 0 Å². The Kier molecular flexibility index (Phi) is 2.33. The number of benzene rings is 1. The van der Waals surface area contributed by atoms with Crippen LogP contribution in [0.4, 0.5) is 0 Å². The third kappa shape index (κ3) is 1.54. The van der Waals surface area contributed by atoms with Crippen LogP contribution in [0, 0.1) is 0 Å². The Morgan fingerprint density at radius 2 is 2.00 bits per heavy atom. The summed E-state index contributed by atoms with van der Waals surface area (Å²) in [7, 11) is 0. The number of aromatic nitrogens is 4. The van der Waals surface area contributed by atoms with E-state index in [-0.39, 0.29) is 5.16 Å². The monoisotopic (exact) mass is 209 g/mol. The fourth-order valence-corrected chi connectivity index (χ4v) is 1.40. The molecule has 14 heavy (non-hydrogen) atoms. The summed E-state index contributed by atoms with van der Waals surface area (Å²) < 4.78 is 22.5. The minimum Gasteiger partial charge on any atom is -0.766 e. The largest absolute Gasteiger partial charge is 0.766 e. The van der Waals surface area contributed by atoms with Crippen LogP contribution in [-0.2, 0) is 11.1 Å². The zero-order valence-corrected chi connectivity index (χ0v) is 7.72. The molecule has 1 atom stereocenters. The van der Waals surface area contributed by atoms with Gasteiger partial charge in [-0.25, -0.2) is 0 Å². The molecule has 2 aromatic rings. The van der Waals surface area contributed by atoms with E-state index in [0.717, 1.165) is 4.68 Å². The molecule has 0 N–H and O–H groups in total. The number of tetrazole rings is 1. The summed E-state index contributed by atoms with van der Waals surface area (Å²) in [5.41, 5.74) is 0.608. The first-order valence-corrected chi connectivity index (χ1v) is 4.79. The molecule has 0 saturated heterocycles. The molecular formula is C7H5N4O2S-. The number of hydrogen-bond acceptors (Lipinski definition) is 5. The van der Waals surface area contributed by atoms with Crippen LogP contribution >= 0.6 is 0 Å². The lowest BCUT2D eigenvalue weighted by Gasteiger charge is -2.04. The molecule has 0 aliphatic heterocycles. The average Bonchev–Trinajstić information content (AvgIpc) is 2.67. The van der Waals surface area contributed by atoms with E-state index in [1.54, 1.807) is 24.3 Å². The lowest BCUT2D eigenvalue weighted by Crippen LogP contribution is -2.04. The molecule has 0 bridgehead atoms. The van der Waals surface area contributed by atoms with Crippen molar-refractivity contribution in [3.63, 3.8) is 0 Å². The second-order valence-electron chi connectivity index (χ2n) is 2.44. The zero-order valence-electron chi connectivity index (χ0n) is 6.90. The third-order valence-electron chi connectivity index (χ3n) is 1.59. The van der Waals surface area contributed by atoms with Crippen molar-refractivity contribution >= 4 is 11.1 Å². The van der Waals surface area contributed by atoms with Crippen molar-refractivity contribution in [2.24, 2.45) is 0 Å². The number of hydrogen-bond donors (Lipinski definition) is 0. The number of rotatable bonds is 2. The molecule has 0 amide bonds. The van der Waals surface area contributed by atoms with Gasteiger partial charge in [0.15, 0.2) is 0 Å². The van der Waals surface area contributed by atoms with Crippen LogP contribution in [0.25, 0.3) is 5.69 Å². The molecule has 7 heteroatoms. The highest BCUT2D eigenvalue weighted by Gasteiger charge is 2.07. The Labute approximate surface area is 81.8 Å². The minimum atomic E-state index is -2.43. The number of nitrogens with zero attached hydrogens (tertiary/aromatic N) is 4. The van der Waals surface area contributed by atoms with Gasteiger partial charge in [0.1, 0.15) is 0 Å². The Morgan fingerprint density at radius 3 is 2.64 bits per heavy atom. The van der Waals surface area contributed by atoms with E-state index in [1.807, 2.05) is 6.07 Å². The fourth-order valence-electron chi connectivity index (χ4n) is 1.01. The van der Waals surface area contributed by atoms with Gasteiger partial charge >= 0.3 is 0 Å². The lowest BCUT2D eigenvalue weighted by molar-refractivity contribution is 0.523. The highest BCUT2D eigenvalue weighted by Crippen LogP contribution is 2.08. The van der Waals surface area contributed by atoms with Gasteiger partial charge < -0.3 is 4.55 Å². The van der Waals surface area contributed by atoms with Crippen molar-refractivity contribution in [3.8, 4) is 5.69 Å². The summed E-state index contributed by atoms with van der Waals surface area (Å²) in [5.74, 6) is 0. The van der Waals surface area contributed by atoms with E-state index < -0.39 is 11.1 Å². The molecule has 6 nitrogen and oxygen atoms in total. The second-order valence-corrected chi connectivity index (χ2v) is 3.28. The Hall–Kier alpha value is -1.60. The quantitative estimate of drug-likeness (QED) is 0.645. The molecule has 0 spiro atoms. The first kappa shape index (κ1) is 8.97. The van der Waals surface area contributed by atoms with Gasteiger partial charge in [-0.1, -0.05) is 23.3 Å². The normalized spacial score (nSPS) is 12.6. The van der Waals surface area contributed by atoms with Gasteiger partial charge in [-0.15, -0.1) is 0 Å². The second kappa shape index (κ2) is 3.64. The van der Waals surface area contributed by atoms with Gasteiger partial charge in [0.25, 0.3) is 0 Å². The average molecular weight is 209 g/mol. The van der Waals surface area contributed by atoms with E-state index in [4.69, 9.17) is 0 Å². The summed E-state index contributed by atoms with van der Waals surface area (Å²) in [4.78, 5) is 0.